The molecule has 0 radical (unpaired) electrons. The van der Waals surface area contributed by atoms with Crippen LogP contribution in [0, 0.1) is 13.8 Å². The van der Waals surface area contributed by atoms with Crippen LogP contribution in [0.2, 0.25) is 0 Å². The van der Waals surface area contributed by atoms with Crippen LogP contribution in [0.5, 0.6) is 5.75 Å². The van der Waals surface area contributed by atoms with Crippen LogP contribution in [0.25, 0.3) is 33.6 Å². The van der Waals surface area contributed by atoms with E-state index in [1.807, 2.05) is 123 Å². The Morgan fingerprint density at radius 2 is 1.17 bits per heavy atom. The average molecular weight is 567 g/mol. The zero-order valence-electron chi connectivity index (χ0n) is 25.0. The fourth-order valence-corrected chi connectivity index (χ4v) is 5.63. The van der Waals surface area contributed by atoms with E-state index in [2.05, 4.69) is 0 Å². The summed E-state index contributed by atoms with van der Waals surface area (Å²) in [4.78, 5) is 27.9. The molecular formula is C34H38N4O4. The maximum atomic E-state index is 14.0. The predicted molar refractivity (Wildman–Crippen MR) is 167 cm³/mol. The smallest absolute Gasteiger partial charge is 0.279 e. The predicted octanol–water partition coefficient (Wildman–Crippen LogP) is 5.54. The van der Waals surface area contributed by atoms with Crippen molar-refractivity contribution in [3.05, 3.63) is 111 Å². The van der Waals surface area contributed by atoms with Gasteiger partial charge in [-0.25, -0.2) is 9.36 Å². The van der Waals surface area contributed by atoms with Crippen molar-refractivity contribution >= 4 is 0 Å². The number of para-hydroxylation sites is 2. The Hall–Kier alpha value is -4.56. The first kappa shape index (κ1) is 29.0. The highest BCUT2D eigenvalue weighted by Crippen LogP contribution is 2.33. The maximum absolute atomic E-state index is 14.0. The Kier molecular flexibility index (Phi) is 8.09. The Labute approximate surface area is 245 Å². The Morgan fingerprint density at radius 1 is 0.738 bits per heavy atom. The van der Waals surface area contributed by atoms with Crippen molar-refractivity contribution in [2.75, 3.05) is 0 Å². The molecule has 42 heavy (non-hydrogen) atoms. The van der Waals surface area contributed by atoms with Gasteiger partial charge < -0.3 is 9.84 Å². The third-order valence-corrected chi connectivity index (χ3v) is 7.95. The summed E-state index contributed by atoms with van der Waals surface area (Å²) in [6.45, 7) is 7.59. The molecule has 0 saturated heterocycles. The lowest BCUT2D eigenvalue weighted by atomic mass is 9.98. The van der Waals surface area contributed by atoms with Crippen molar-refractivity contribution in [3.63, 3.8) is 0 Å². The third kappa shape index (κ3) is 5.25. The number of aromatic nitrogens is 4. The van der Waals surface area contributed by atoms with E-state index in [1.165, 1.54) is 0 Å². The van der Waals surface area contributed by atoms with Crippen molar-refractivity contribution in [2.45, 2.75) is 52.7 Å². The molecule has 5 aromatic rings. The average Bonchev–Trinajstić information content (AvgIpc) is 3.34. The van der Waals surface area contributed by atoms with E-state index < -0.39 is 6.10 Å². The highest BCUT2D eigenvalue weighted by atomic mass is 16.5. The van der Waals surface area contributed by atoms with Crippen LogP contribution in [0.15, 0.2) is 88.5 Å². The summed E-state index contributed by atoms with van der Waals surface area (Å²) < 4.78 is 13.4. The van der Waals surface area contributed by atoms with Crippen molar-refractivity contribution < 1.29 is 9.84 Å². The van der Waals surface area contributed by atoms with Crippen LogP contribution in [-0.2, 0) is 14.1 Å². The number of ether oxygens (including phenoxy) is 1. The number of nitrogens with zero attached hydrogens (tertiary/aromatic N) is 4. The second-order valence-electron chi connectivity index (χ2n) is 10.9. The summed E-state index contributed by atoms with van der Waals surface area (Å²) in [6.07, 6.45) is 0.401. The lowest BCUT2D eigenvalue weighted by Crippen LogP contribution is -2.21. The Morgan fingerprint density at radius 3 is 1.55 bits per heavy atom. The summed E-state index contributed by atoms with van der Waals surface area (Å²) in [5.41, 5.74) is 5.18. The molecule has 0 aliphatic heterocycles. The standard InChI is InChI=1S/C34H38N4O4/c1-7-29(18-22(2)39)42-30-20-25(31-23(3)35(5)37(33(31)40)27-14-10-8-11-15-27)19-26(21-30)32-24(4)36(6)38(34(32)41)28-16-12-9-13-17-28/h8-17,19-22,29,39H,7,18H2,1-6H3. The van der Waals surface area contributed by atoms with Gasteiger partial charge in [-0.05, 0) is 80.8 Å². The number of hydrogen-bond donors (Lipinski definition) is 1. The van der Waals surface area contributed by atoms with Crippen LogP contribution < -0.4 is 15.9 Å². The van der Waals surface area contributed by atoms with Crippen molar-refractivity contribution in [3.8, 4) is 39.4 Å². The minimum absolute atomic E-state index is 0.160. The normalized spacial score (nSPS) is 12.8. The first-order valence-electron chi connectivity index (χ1n) is 14.3. The fourth-order valence-electron chi connectivity index (χ4n) is 5.63. The lowest BCUT2D eigenvalue weighted by molar-refractivity contribution is 0.103. The van der Waals surface area contributed by atoms with Gasteiger partial charge in [0.2, 0.25) is 0 Å². The largest absolute Gasteiger partial charge is 0.490 e. The number of aliphatic hydroxyl groups is 1. The summed E-state index contributed by atoms with van der Waals surface area (Å²) in [5, 5.41) is 10.1. The summed E-state index contributed by atoms with van der Waals surface area (Å²) in [7, 11) is 3.73. The summed E-state index contributed by atoms with van der Waals surface area (Å²) >= 11 is 0. The van der Waals surface area contributed by atoms with Crippen LogP contribution in [0.3, 0.4) is 0 Å². The molecule has 2 unspecified atom stereocenters. The molecule has 5 rings (SSSR count). The van der Waals surface area contributed by atoms with Gasteiger partial charge in [-0.15, -0.1) is 0 Å². The van der Waals surface area contributed by atoms with E-state index in [0.717, 1.165) is 22.8 Å². The molecule has 2 heterocycles. The number of rotatable bonds is 9. The lowest BCUT2D eigenvalue weighted by Gasteiger charge is -2.20. The highest BCUT2D eigenvalue weighted by molar-refractivity contribution is 5.77. The molecule has 0 aliphatic rings. The molecule has 0 fully saturated rings. The van der Waals surface area contributed by atoms with Gasteiger partial charge in [0.15, 0.2) is 0 Å². The fraction of sp³-hybridized carbons (Fsp3) is 0.294. The first-order valence-corrected chi connectivity index (χ1v) is 14.3. The van der Waals surface area contributed by atoms with Gasteiger partial charge in [-0.1, -0.05) is 43.3 Å². The maximum Gasteiger partial charge on any atom is 0.279 e. The van der Waals surface area contributed by atoms with Gasteiger partial charge in [-0.3, -0.25) is 19.0 Å². The zero-order chi connectivity index (χ0) is 30.1. The molecule has 3 aromatic carbocycles. The van der Waals surface area contributed by atoms with Crippen molar-refractivity contribution in [1.82, 2.24) is 18.7 Å². The zero-order valence-corrected chi connectivity index (χ0v) is 25.0. The van der Waals surface area contributed by atoms with Gasteiger partial charge in [0.25, 0.3) is 11.1 Å². The molecule has 1 N–H and O–H groups in total. The monoisotopic (exact) mass is 566 g/mol. The van der Waals surface area contributed by atoms with E-state index >= 15 is 0 Å². The van der Waals surface area contributed by atoms with E-state index in [0.29, 0.717) is 40.8 Å². The molecule has 0 saturated carbocycles. The quantitative estimate of drug-likeness (QED) is 0.254. The summed E-state index contributed by atoms with van der Waals surface area (Å²) in [5.74, 6) is 0.540. The van der Waals surface area contributed by atoms with Gasteiger partial charge in [0.05, 0.1) is 28.6 Å². The van der Waals surface area contributed by atoms with Gasteiger partial charge in [0, 0.05) is 31.9 Å². The first-order chi connectivity index (χ1) is 20.1. The molecule has 0 amide bonds. The van der Waals surface area contributed by atoms with Crippen LogP contribution in [0.4, 0.5) is 0 Å². The molecule has 0 bridgehead atoms. The summed E-state index contributed by atoms with van der Waals surface area (Å²) in [6, 6.07) is 24.7. The SMILES string of the molecule is CCC(CC(C)O)Oc1cc(-c2c(C)n(C)n(-c3ccccc3)c2=O)cc(-c2c(C)n(C)n(-c3ccccc3)c2=O)c1. The van der Waals surface area contributed by atoms with Crippen LogP contribution in [0.1, 0.15) is 38.1 Å². The highest BCUT2D eigenvalue weighted by Gasteiger charge is 2.23. The van der Waals surface area contributed by atoms with E-state index in [4.69, 9.17) is 4.74 Å². The second-order valence-corrected chi connectivity index (χ2v) is 10.9. The van der Waals surface area contributed by atoms with E-state index in [9.17, 15) is 14.7 Å². The van der Waals surface area contributed by atoms with Crippen LogP contribution in [-0.4, -0.2) is 36.0 Å². The topological polar surface area (TPSA) is 83.3 Å². The van der Waals surface area contributed by atoms with E-state index in [-0.39, 0.29) is 17.2 Å². The number of aliphatic hydroxyl groups excluding tert-OH is 1. The number of benzene rings is 3. The van der Waals surface area contributed by atoms with Gasteiger partial charge in [-0.2, -0.15) is 0 Å². The Balaban J connectivity index is 1.74. The molecule has 0 spiro atoms. The Bertz CT molecular complexity index is 1700. The molecule has 218 valence electrons. The molecular weight excluding hydrogens is 528 g/mol. The van der Waals surface area contributed by atoms with Crippen molar-refractivity contribution in [2.24, 2.45) is 14.1 Å². The molecule has 8 nitrogen and oxygen atoms in total. The second kappa shape index (κ2) is 11.7. The third-order valence-electron chi connectivity index (χ3n) is 7.95. The molecule has 8 heteroatoms. The van der Waals surface area contributed by atoms with Gasteiger partial charge in [0.1, 0.15) is 11.9 Å². The van der Waals surface area contributed by atoms with Crippen LogP contribution >= 0.6 is 0 Å². The molecule has 2 aromatic heterocycles. The molecule has 2 atom stereocenters. The minimum atomic E-state index is -0.526. The van der Waals surface area contributed by atoms with Crippen molar-refractivity contribution in [1.29, 1.82) is 0 Å². The van der Waals surface area contributed by atoms with Gasteiger partial charge >= 0.3 is 0 Å². The number of hydrogen-bond acceptors (Lipinski definition) is 4. The molecule has 0 aliphatic carbocycles. The minimum Gasteiger partial charge on any atom is -0.490 e. The van der Waals surface area contributed by atoms with E-state index in [1.54, 1.807) is 16.3 Å².